The number of nitrogens with two attached hydrogens (primary N) is 1. The third kappa shape index (κ3) is 4.07. The van der Waals surface area contributed by atoms with Crippen LogP contribution < -0.4 is 5.73 Å². The minimum absolute atomic E-state index is 0.00377. The summed E-state index contributed by atoms with van der Waals surface area (Å²) in [6.07, 6.45) is 1.26. The van der Waals surface area contributed by atoms with Crippen LogP contribution in [0, 0.1) is 0 Å². The van der Waals surface area contributed by atoms with Crippen LogP contribution in [0.15, 0.2) is 4.47 Å². The summed E-state index contributed by atoms with van der Waals surface area (Å²) < 4.78 is 26.4. The zero-order valence-corrected chi connectivity index (χ0v) is 13.4. The topological polar surface area (TPSA) is 78.0 Å². The molecule has 0 saturated carbocycles. The Labute approximate surface area is 117 Å². The molecule has 1 aromatic heterocycles. The summed E-state index contributed by atoms with van der Waals surface area (Å²) in [5.74, 6) is 0.119. The molecule has 7 heteroatoms. The molecule has 1 aromatic rings. The van der Waals surface area contributed by atoms with Crippen molar-refractivity contribution in [1.82, 2.24) is 9.78 Å². The highest BCUT2D eigenvalue weighted by molar-refractivity contribution is 9.10. The molecule has 0 amide bonds. The zero-order chi connectivity index (χ0) is 13.9. The third-order valence-corrected chi connectivity index (χ3v) is 5.23. The van der Waals surface area contributed by atoms with E-state index in [-0.39, 0.29) is 17.5 Å². The van der Waals surface area contributed by atoms with Crippen molar-refractivity contribution < 1.29 is 8.42 Å². The maximum Gasteiger partial charge on any atom is 0.156 e. The molecule has 1 heterocycles. The van der Waals surface area contributed by atoms with Crippen molar-refractivity contribution in [1.29, 1.82) is 0 Å². The average molecular weight is 338 g/mol. The molecular weight excluding hydrogens is 318 g/mol. The predicted molar refractivity (Wildman–Crippen MR) is 76.0 cm³/mol. The van der Waals surface area contributed by atoms with Crippen LogP contribution in [0.5, 0.6) is 0 Å². The first-order valence-corrected chi connectivity index (χ1v) is 8.54. The molecular formula is C11H20BrN3O2S. The summed E-state index contributed by atoms with van der Waals surface area (Å²) in [4.78, 5) is 0. The van der Waals surface area contributed by atoms with E-state index < -0.39 is 9.84 Å². The highest BCUT2D eigenvalue weighted by atomic mass is 79.9. The van der Waals surface area contributed by atoms with E-state index in [1.54, 1.807) is 11.7 Å². The summed E-state index contributed by atoms with van der Waals surface area (Å²) in [7, 11) is -1.38. The molecule has 0 aliphatic carbocycles. The maximum atomic E-state index is 12.0. The SMILES string of the molecule is CCc1nn(C)c(CS(=O)(=O)CCC(C)N)c1Br. The van der Waals surface area contributed by atoms with Gasteiger partial charge in [0, 0.05) is 13.1 Å². The average Bonchev–Trinajstić information content (AvgIpc) is 2.54. The third-order valence-electron chi connectivity index (χ3n) is 2.74. The minimum atomic E-state index is -3.14. The monoisotopic (exact) mass is 337 g/mol. The minimum Gasteiger partial charge on any atom is -0.328 e. The molecule has 1 atom stereocenters. The molecule has 0 aliphatic rings. The van der Waals surface area contributed by atoms with E-state index >= 15 is 0 Å². The first-order chi connectivity index (χ1) is 8.26. The first-order valence-electron chi connectivity index (χ1n) is 5.93. The molecule has 5 nitrogen and oxygen atoms in total. The molecule has 18 heavy (non-hydrogen) atoms. The van der Waals surface area contributed by atoms with E-state index in [0.717, 1.165) is 16.6 Å². The fourth-order valence-electron chi connectivity index (χ4n) is 1.62. The van der Waals surface area contributed by atoms with E-state index in [9.17, 15) is 8.42 Å². The van der Waals surface area contributed by atoms with E-state index in [0.29, 0.717) is 12.1 Å². The van der Waals surface area contributed by atoms with Crippen LogP contribution in [-0.4, -0.2) is 30.0 Å². The van der Waals surface area contributed by atoms with Gasteiger partial charge in [0.1, 0.15) is 0 Å². The quantitative estimate of drug-likeness (QED) is 0.850. The lowest BCUT2D eigenvalue weighted by molar-refractivity contribution is 0.583. The zero-order valence-electron chi connectivity index (χ0n) is 11.0. The van der Waals surface area contributed by atoms with E-state index in [4.69, 9.17) is 5.73 Å². The standard InChI is InChI=1S/C11H20BrN3O2S/c1-4-9-11(12)10(15(3)14-9)7-18(16,17)6-5-8(2)13/h8H,4-7,13H2,1-3H3. The molecule has 0 aromatic carbocycles. The van der Waals surface area contributed by atoms with Crippen LogP contribution in [0.25, 0.3) is 0 Å². The Morgan fingerprint density at radius 1 is 1.50 bits per heavy atom. The van der Waals surface area contributed by atoms with Gasteiger partial charge >= 0.3 is 0 Å². The van der Waals surface area contributed by atoms with Gasteiger partial charge in [-0.05, 0) is 35.7 Å². The molecule has 0 spiro atoms. The van der Waals surface area contributed by atoms with Crippen LogP contribution in [-0.2, 0) is 29.1 Å². The van der Waals surface area contributed by atoms with Crippen LogP contribution in [0.3, 0.4) is 0 Å². The lowest BCUT2D eigenvalue weighted by Crippen LogP contribution is -2.21. The first kappa shape index (κ1) is 15.7. The number of aryl methyl sites for hydroxylation is 2. The van der Waals surface area contributed by atoms with Crippen LogP contribution in [0.2, 0.25) is 0 Å². The number of rotatable bonds is 6. The predicted octanol–water partition coefficient (Wildman–Crippen LogP) is 1.40. The van der Waals surface area contributed by atoms with Crippen LogP contribution >= 0.6 is 15.9 Å². The molecule has 0 aliphatic heterocycles. The van der Waals surface area contributed by atoms with Crippen molar-refractivity contribution >= 4 is 25.8 Å². The Balaban J connectivity index is 2.87. The largest absolute Gasteiger partial charge is 0.328 e. The number of nitrogens with zero attached hydrogens (tertiary/aromatic N) is 2. The molecule has 1 unspecified atom stereocenters. The Kier molecular flexibility index (Phi) is 5.36. The fraction of sp³-hybridized carbons (Fsp3) is 0.727. The van der Waals surface area contributed by atoms with Crippen molar-refractivity contribution in [2.45, 2.75) is 38.5 Å². The Hall–Kier alpha value is -0.400. The van der Waals surface area contributed by atoms with E-state index in [1.165, 1.54) is 0 Å². The van der Waals surface area contributed by atoms with Gasteiger partial charge in [-0.2, -0.15) is 5.10 Å². The summed E-state index contributed by atoms with van der Waals surface area (Å²) >= 11 is 3.42. The van der Waals surface area contributed by atoms with E-state index in [1.807, 2.05) is 13.8 Å². The van der Waals surface area contributed by atoms with Crippen LogP contribution in [0.4, 0.5) is 0 Å². The molecule has 2 N–H and O–H groups in total. The highest BCUT2D eigenvalue weighted by Gasteiger charge is 2.20. The van der Waals surface area contributed by atoms with E-state index in [2.05, 4.69) is 21.0 Å². The van der Waals surface area contributed by atoms with Gasteiger partial charge in [0.15, 0.2) is 9.84 Å². The van der Waals surface area contributed by atoms with Crippen molar-refractivity contribution in [2.24, 2.45) is 12.8 Å². The number of hydrogen-bond acceptors (Lipinski definition) is 4. The molecule has 0 radical (unpaired) electrons. The second-order valence-electron chi connectivity index (χ2n) is 4.54. The Morgan fingerprint density at radius 3 is 2.56 bits per heavy atom. The smallest absolute Gasteiger partial charge is 0.156 e. The second-order valence-corrected chi connectivity index (χ2v) is 7.52. The molecule has 0 saturated heterocycles. The lowest BCUT2D eigenvalue weighted by Gasteiger charge is -2.07. The molecule has 104 valence electrons. The van der Waals surface area contributed by atoms with Gasteiger partial charge in [0.2, 0.25) is 0 Å². The molecule has 0 fully saturated rings. The van der Waals surface area contributed by atoms with Gasteiger partial charge in [-0.15, -0.1) is 0 Å². The van der Waals surface area contributed by atoms with Gasteiger partial charge < -0.3 is 5.73 Å². The summed E-state index contributed by atoms with van der Waals surface area (Å²) in [5.41, 5.74) is 7.18. The summed E-state index contributed by atoms with van der Waals surface area (Å²) in [6.45, 7) is 3.80. The summed E-state index contributed by atoms with van der Waals surface area (Å²) in [6, 6.07) is -0.0963. The number of aromatic nitrogens is 2. The van der Waals surface area contributed by atoms with Gasteiger partial charge in [0.25, 0.3) is 0 Å². The van der Waals surface area contributed by atoms with Crippen molar-refractivity contribution in [3.8, 4) is 0 Å². The fourth-order valence-corrected chi connectivity index (χ4v) is 4.19. The Bertz CT molecular complexity index is 509. The van der Waals surface area contributed by atoms with Gasteiger partial charge in [-0.3, -0.25) is 4.68 Å². The lowest BCUT2D eigenvalue weighted by atomic mass is 10.3. The normalized spacial score (nSPS) is 13.8. The van der Waals surface area contributed by atoms with Crippen molar-refractivity contribution in [3.05, 3.63) is 15.9 Å². The van der Waals surface area contributed by atoms with Gasteiger partial charge in [-0.25, -0.2) is 8.42 Å². The molecule has 1 rings (SSSR count). The maximum absolute atomic E-state index is 12.0. The Morgan fingerprint density at radius 2 is 2.11 bits per heavy atom. The van der Waals surface area contributed by atoms with Gasteiger partial charge in [-0.1, -0.05) is 6.92 Å². The van der Waals surface area contributed by atoms with Gasteiger partial charge in [0.05, 0.1) is 27.4 Å². The number of halogens is 1. The number of hydrogen-bond donors (Lipinski definition) is 1. The number of sulfone groups is 1. The molecule has 0 bridgehead atoms. The second kappa shape index (κ2) is 6.16. The van der Waals surface area contributed by atoms with Crippen LogP contribution in [0.1, 0.15) is 31.7 Å². The summed E-state index contributed by atoms with van der Waals surface area (Å²) in [5, 5.41) is 4.29. The van der Waals surface area contributed by atoms with Crippen molar-refractivity contribution in [2.75, 3.05) is 5.75 Å². The highest BCUT2D eigenvalue weighted by Crippen LogP contribution is 2.23. The van der Waals surface area contributed by atoms with Crippen molar-refractivity contribution in [3.63, 3.8) is 0 Å².